The summed E-state index contributed by atoms with van der Waals surface area (Å²) in [6, 6.07) is 16.3. The van der Waals surface area contributed by atoms with Crippen LogP contribution in [0, 0.1) is 17.3 Å². The fraction of sp³-hybridized carbons (Fsp3) is 0.400. The van der Waals surface area contributed by atoms with E-state index in [0.29, 0.717) is 11.1 Å². The van der Waals surface area contributed by atoms with Crippen molar-refractivity contribution >= 4 is 5.97 Å². The van der Waals surface area contributed by atoms with Crippen molar-refractivity contribution in [2.45, 2.75) is 46.9 Å². The van der Waals surface area contributed by atoms with Crippen LogP contribution in [0.2, 0.25) is 0 Å². The van der Waals surface area contributed by atoms with Gasteiger partial charge < -0.3 is 4.74 Å². The molecule has 0 bridgehead atoms. The maximum absolute atomic E-state index is 15.4. The zero-order valence-corrected chi connectivity index (χ0v) is 17.3. The monoisotopic (exact) mass is 380 g/mol. The second kappa shape index (κ2) is 7.54. The van der Waals surface area contributed by atoms with E-state index < -0.39 is 5.67 Å². The molecule has 3 rings (SSSR count). The quantitative estimate of drug-likeness (QED) is 0.440. The highest BCUT2D eigenvalue weighted by molar-refractivity contribution is 5.78. The lowest BCUT2D eigenvalue weighted by molar-refractivity contribution is -0.147. The summed E-state index contributed by atoms with van der Waals surface area (Å²) in [7, 11) is 0. The molecule has 0 spiro atoms. The van der Waals surface area contributed by atoms with Gasteiger partial charge in [-0.05, 0) is 54.9 Å². The summed E-state index contributed by atoms with van der Waals surface area (Å²) in [5, 5.41) is 0. The molecule has 2 aromatic carbocycles. The summed E-state index contributed by atoms with van der Waals surface area (Å²) in [5.41, 5.74) is 1.50. The molecule has 3 heteroatoms. The first-order valence-corrected chi connectivity index (χ1v) is 9.79. The zero-order valence-electron chi connectivity index (χ0n) is 17.3. The van der Waals surface area contributed by atoms with Gasteiger partial charge in [-0.1, -0.05) is 74.0 Å². The number of carbonyl (C=O) groups excluding carboxylic acids is 1. The van der Waals surface area contributed by atoms with Crippen LogP contribution in [0.4, 0.5) is 4.39 Å². The van der Waals surface area contributed by atoms with Gasteiger partial charge in [-0.3, -0.25) is 4.79 Å². The van der Waals surface area contributed by atoms with E-state index >= 15 is 4.39 Å². The normalized spacial score (nSPS) is 22.1. The summed E-state index contributed by atoms with van der Waals surface area (Å²) < 4.78 is 21.0. The van der Waals surface area contributed by atoms with Crippen molar-refractivity contribution in [2.75, 3.05) is 0 Å². The number of alkyl halides is 1. The zero-order chi connectivity index (χ0) is 20.5. The Hall–Kier alpha value is -2.42. The standard InChI is InChI=1S/C25H29FO2/c1-17(2)14-21-22(24(21,3)4)23(27)28-16-18-10-9-13-20(15-18)25(5,26)19-11-7-6-8-12-19/h6-15,21-22H,16H2,1-5H3. The second-order valence-electron chi connectivity index (χ2n) is 8.75. The van der Waals surface area contributed by atoms with Crippen LogP contribution in [-0.4, -0.2) is 5.97 Å². The number of allylic oxidation sites excluding steroid dienone is 2. The molecule has 148 valence electrons. The van der Waals surface area contributed by atoms with Crippen LogP contribution in [0.5, 0.6) is 0 Å². The molecule has 0 aliphatic heterocycles. The van der Waals surface area contributed by atoms with E-state index in [9.17, 15) is 4.79 Å². The lowest BCUT2D eigenvalue weighted by Gasteiger charge is -2.22. The number of hydrogen-bond acceptors (Lipinski definition) is 2. The summed E-state index contributed by atoms with van der Waals surface area (Å²) >= 11 is 0. The Bertz CT molecular complexity index is 876. The Morgan fingerprint density at radius 1 is 1.11 bits per heavy atom. The maximum atomic E-state index is 15.4. The third-order valence-electron chi connectivity index (χ3n) is 5.84. The van der Waals surface area contributed by atoms with Crippen LogP contribution >= 0.6 is 0 Å². The molecule has 0 aromatic heterocycles. The first-order valence-electron chi connectivity index (χ1n) is 9.79. The van der Waals surface area contributed by atoms with E-state index in [1.54, 1.807) is 31.2 Å². The number of rotatable bonds is 6. The Morgan fingerprint density at radius 3 is 2.39 bits per heavy atom. The number of carbonyl (C=O) groups is 1. The average molecular weight is 381 g/mol. The van der Waals surface area contributed by atoms with Gasteiger partial charge in [0.05, 0.1) is 5.92 Å². The molecule has 3 unspecified atom stereocenters. The number of benzene rings is 2. The highest BCUT2D eigenvalue weighted by Gasteiger charge is 2.61. The molecule has 0 radical (unpaired) electrons. The Morgan fingerprint density at radius 2 is 1.75 bits per heavy atom. The molecule has 1 saturated carbocycles. The topological polar surface area (TPSA) is 26.3 Å². The van der Waals surface area contributed by atoms with Gasteiger partial charge in [0, 0.05) is 0 Å². The van der Waals surface area contributed by atoms with Crippen LogP contribution in [0.25, 0.3) is 0 Å². The lowest BCUT2D eigenvalue weighted by atomic mass is 9.89. The Balaban J connectivity index is 1.69. The molecule has 0 amide bonds. The van der Waals surface area contributed by atoms with Gasteiger partial charge >= 0.3 is 5.97 Å². The van der Waals surface area contributed by atoms with Crippen molar-refractivity contribution in [3.05, 3.63) is 82.9 Å². The molecule has 1 aliphatic rings. The van der Waals surface area contributed by atoms with E-state index in [2.05, 4.69) is 19.9 Å². The average Bonchev–Trinajstić information content (AvgIpc) is 3.20. The first kappa shape index (κ1) is 20.3. The summed E-state index contributed by atoms with van der Waals surface area (Å²) in [6.45, 7) is 10.00. The molecule has 0 heterocycles. The van der Waals surface area contributed by atoms with E-state index in [-0.39, 0.29) is 29.8 Å². The van der Waals surface area contributed by atoms with Crippen molar-refractivity contribution in [3.63, 3.8) is 0 Å². The molecular formula is C25H29FO2. The predicted octanol–water partition coefficient (Wildman–Crippen LogP) is 6.20. The van der Waals surface area contributed by atoms with Gasteiger partial charge in [0.15, 0.2) is 5.67 Å². The fourth-order valence-corrected chi connectivity index (χ4v) is 3.91. The van der Waals surface area contributed by atoms with Crippen molar-refractivity contribution in [1.29, 1.82) is 0 Å². The minimum absolute atomic E-state index is 0.0684. The predicted molar refractivity (Wildman–Crippen MR) is 110 cm³/mol. The number of ether oxygens (including phenoxy) is 1. The molecule has 3 atom stereocenters. The largest absolute Gasteiger partial charge is 0.461 e. The molecule has 1 aliphatic carbocycles. The van der Waals surface area contributed by atoms with Gasteiger partial charge in [0.1, 0.15) is 6.61 Å². The molecule has 28 heavy (non-hydrogen) atoms. The SMILES string of the molecule is CC(C)=CC1C(C(=O)OCc2cccc(C(C)(F)c3ccccc3)c2)C1(C)C. The number of esters is 1. The molecule has 2 aromatic rings. The minimum Gasteiger partial charge on any atom is -0.461 e. The van der Waals surface area contributed by atoms with Crippen LogP contribution < -0.4 is 0 Å². The molecule has 0 saturated heterocycles. The summed E-state index contributed by atoms with van der Waals surface area (Å²) in [4.78, 5) is 12.6. The summed E-state index contributed by atoms with van der Waals surface area (Å²) in [6.07, 6.45) is 2.15. The van der Waals surface area contributed by atoms with Crippen molar-refractivity contribution in [1.82, 2.24) is 0 Å². The van der Waals surface area contributed by atoms with E-state index in [1.807, 2.05) is 44.2 Å². The smallest absolute Gasteiger partial charge is 0.310 e. The van der Waals surface area contributed by atoms with E-state index in [0.717, 1.165) is 5.56 Å². The van der Waals surface area contributed by atoms with Crippen LogP contribution in [0.15, 0.2) is 66.2 Å². The maximum Gasteiger partial charge on any atom is 0.310 e. The lowest BCUT2D eigenvalue weighted by Crippen LogP contribution is -2.17. The van der Waals surface area contributed by atoms with Crippen molar-refractivity contribution < 1.29 is 13.9 Å². The van der Waals surface area contributed by atoms with Gasteiger partial charge in [-0.15, -0.1) is 0 Å². The third-order valence-corrected chi connectivity index (χ3v) is 5.84. The van der Waals surface area contributed by atoms with E-state index in [1.165, 1.54) is 5.57 Å². The first-order chi connectivity index (χ1) is 13.1. The van der Waals surface area contributed by atoms with Crippen LogP contribution in [0.1, 0.15) is 51.3 Å². The van der Waals surface area contributed by atoms with Gasteiger partial charge in [0.25, 0.3) is 0 Å². The van der Waals surface area contributed by atoms with Gasteiger partial charge in [-0.2, -0.15) is 0 Å². The summed E-state index contributed by atoms with van der Waals surface area (Å²) in [5.74, 6) is -0.0612. The molecular weight excluding hydrogens is 351 g/mol. The van der Waals surface area contributed by atoms with Gasteiger partial charge in [-0.25, -0.2) is 4.39 Å². The second-order valence-corrected chi connectivity index (χ2v) is 8.75. The van der Waals surface area contributed by atoms with Crippen LogP contribution in [0.3, 0.4) is 0 Å². The Kier molecular flexibility index (Phi) is 5.47. The highest BCUT2D eigenvalue weighted by atomic mass is 19.1. The van der Waals surface area contributed by atoms with Crippen LogP contribution in [-0.2, 0) is 21.8 Å². The molecule has 0 N–H and O–H groups in total. The van der Waals surface area contributed by atoms with Crippen molar-refractivity contribution in [3.8, 4) is 0 Å². The van der Waals surface area contributed by atoms with E-state index in [4.69, 9.17) is 4.74 Å². The van der Waals surface area contributed by atoms with Gasteiger partial charge in [0.2, 0.25) is 0 Å². The Labute approximate surface area is 167 Å². The minimum atomic E-state index is -1.60. The third kappa shape index (κ3) is 4.04. The molecule has 1 fully saturated rings. The highest BCUT2D eigenvalue weighted by Crippen LogP contribution is 2.59. The number of hydrogen-bond donors (Lipinski definition) is 0. The number of halogens is 1. The van der Waals surface area contributed by atoms with Crippen molar-refractivity contribution in [2.24, 2.45) is 17.3 Å². The fourth-order valence-electron chi connectivity index (χ4n) is 3.91. The molecule has 2 nitrogen and oxygen atoms in total.